The molecule has 4 rings (SSSR count). The Labute approximate surface area is 147 Å². The molecule has 1 heterocycles. The Balaban J connectivity index is 1.80. The van der Waals surface area contributed by atoms with E-state index >= 15 is 0 Å². The average Bonchev–Trinajstić information content (AvgIpc) is 3.09. The minimum absolute atomic E-state index is 0.230. The van der Waals surface area contributed by atoms with Gasteiger partial charge in [0.1, 0.15) is 5.82 Å². The lowest BCUT2D eigenvalue weighted by atomic mass is 9.96. The number of hydrogen-bond donors (Lipinski definition) is 0. The van der Waals surface area contributed by atoms with E-state index in [4.69, 9.17) is 4.99 Å². The fourth-order valence-electron chi connectivity index (χ4n) is 3.13. The highest BCUT2D eigenvalue weighted by atomic mass is 19.1. The van der Waals surface area contributed by atoms with Crippen LogP contribution in [0.2, 0.25) is 0 Å². The molecule has 0 atom stereocenters. The van der Waals surface area contributed by atoms with Crippen molar-refractivity contribution in [3.8, 4) is 0 Å². The summed E-state index contributed by atoms with van der Waals surface area (Å²) in [5.74, 6) is -0.230. The minimum atomic E-state index is -0.230. The summed E-state index contributed by atoms with van der Waals surface area (Å²) >= 11 is 0. The van der Waals surface area contributed by atoms with Crippen molar-refractivity contribution in [2.24, 2.45) is 4.99 Å². The van der Waals surface area contributed by atoms with Gasteiger partial charge >= 0.3 is 0 Å². The highest BCUT2D eigenvalue weighted by molar-refractivity contribution is 6.16. The van der Waals surface area contributed by atoms with E-state index in [2.05, 4.69) is 43.3 Å². The van der Waals surface area contributed by atoms with Crippen molar-refractivity contribution in [1.29, 1.82) is 0 Å². The summed E-state index contributed by atoms with van der Waals surface area (Å²) in [5.41, 5.74) is 7.64. The molecule has 0 saturated carbocycles. The molecule has 2 heteroatoms. The van der Waals surface area contributed by atoms with E-state index in [9.17, 15) is 4.39 Å². The largest absolute Gasteiger partial charge is 0.252 e. The quantitative estimate of drug-likeness (QED) is 0.568. The predicted molar refractivity (Wildman–Crippen MR) is 102 cm³/mol. The van der Waals surface area contributed by atoms with Crippen LogP contribution in [-0.4, -0.2) is 5.71 Å². The lowest BCUT2D eigenvalue weighted by Gasteiger charge is -2.07. The first-order valence-corrected chi connectivity index (χ1v) is 8.40. The van der Waals surface area contributed by atoms with E-state index in [1.807, 2.05) is 18.2 Å². The second-order valence-electron chi connectivity index (χ2n) is 6.30. The molecule has 0 spiro atoms. The lowest BCUT2D eigenvalue weighted by Crippen LogP contribution is -1.97. The Morgan fingerprint density at radius 3 is 2.04 bits per heavy atom. The third-order valence-electron chi connectivity index (χ3n) is 4.50. The zero-order valence-electron chi connectivity index (χ0n) is 14.0. The number of hydrogen-bond acceptors (Lipinski definition) is 1. The Morgan fingerprint density at radius 1 is 0.720 bits per heavy atom. The number of aryl methyl sites for hydroxylation is 1. The molecule has 0 fully saturated rings. The summed E-state index contributed by atoms with van der Waals surface area (Å²) in [5, 5.41) is 0. The Morgan fingerprint density at radius 2 is 1.36 bits per heavy atom. The molecule has 3 aromatic rings. The molecule has 3 aromatic carbocycles. The number of allylic oxidation sites excluding steroid dienone is 1. The molecule has 0 N–H and O–H groups in total. The van der Waals surface area contributed by atoms with Crippen LogP contribution >= 0.6 is 0 Å². The molecule has 1 nitrogen and oxygen atoms in total. The number of nitrogens with zero attached hydrogens (tertiary/aromatic N) is 1. The first-order chi connectivity index (χ1) is 12.2. The lowest BCUT2D eigenvalue weighted by molar-refractivity contribution is 0.627. The van der Waals surface area contributed by atoms with E-state index in [1.54, 1.807) is 12.1 Å². The van der Waals surface area contributed by atoms with Gasteiger partial charge in [0.25, 0.3) is 0 Å². The first kappa shape index (κ1) is 15.5. The summed E-state index contributed by atoms with van der Waals surface area (Å²) in [6.07, 6.45) is 0.778. The van der Waals surface area contributed by atoms with Gasteiger partial charge < -0.3 is 0 Å². The van der Waals surface area contributed by atoms with Crippen molar-refractivity contribution in [3.05, 3.63) is 107 Å². The maximum Gasteiger partial charge on any atom is 0.123 e. The van der Waals surface area contributed by atoms with Gasteiger partial charge in [0.15, 0.2) is 0 Å². The maximum atomic E-state index is 13.3. The summed E-state index contributed by atoms with van der Waals surface area (Å²) in [7, 11) is 0. The molecule has 1 aliphatic rings. The standard InChI is InChI=1S/C23H18FN/c1-16-7-9-18(10-8-16)22-15-21(17-5-3-2-4-6-17)23(25-22)19-11-13-20(24)14-12-19/h2-14H,15H2,1H3. The SMILES string of the molecule is Cc1ccc(C2=NC(c3ccc(F)cc3)=C(c3ccccc3)C2)cc1. The molecule has 0 aromatic heterocycles. The van der Waals surface area contributed by atoms with Crippen LogP contribution < -0.4 is 0 Å². The van der Waals surface area contributed by atoms with Crippen LogP contribution in [0.15, 0.2) is 83.9 Å². The molecular weight excluding hydrogens is 309 g/mol. The van der Waals surface area contributed by atoms with Crippen molar-refractivity contribution >= 4 is 17.0 Å². The van der Waals surface area contributed by atoms with Crippen molar-refractivity contribution in [1.82, 2.24) is 0 Å². The molecule has 0 radical (unpaired) electrons. The minimum Gasteiger partial charge on any atom is -0.252 e. The smallest absolute Gasteiger partial charge is 0.123 e. The Hall–Kier alpha value is -3.00. The highest BCUT2D eigenvalue weighted by Gasteiger charge is 2.21. The van der Waals surface area contributed by atoms with E-state index < -0.39 is 0 Å². The molecular formula is C23H18FN. The molecule has 122 valence electrons. The van der Waals surface area contributed by atoms with Gasteiger partial charge in [-0.25, -0.2) is 4.39 Å². The molecule has 1 aliphatic heterocycles. The molecule has 25 heavy (non-hydrogen) atoms. The summed E-state index contributed by atoms with van der Waals surface area (Å²) < 4.78 is 13.3. The van der Waals surface area contributed by atoms with Crippen LogP contribution in [0, 0.1) is 12.7 Å². The van der Waals surface area contributed by atoms with Gasteiger partial charge in [-0.1, -0.05) is 60.2 Å². The Kier molecular flexibility index (Phi) is 4.02. The molecule has 0 saturated heterocycles. The summed E-state index contributed by atoms with van der Waals surface area (Å²) in [6, 6.07) is 25.3. The van der Waals surface area contributed by atoms with E-state index in [0.29, 0.717) is 0 Å². The van der Waals surface area contributed by atoms with Crippen LogP contribution in [0.5, 0.6) is 0 Å². The molecule has 0 aliphatic carbocycles. The fourth-order valence-corrected chi connectivity index (χ4v) is 3.13. The van der Waals surface area contributed by atoms with Gasteiger partial charge in [-0.3, -0.25) is 4.99 Å². The Bertz CT molecular complexity index is 949. The van der Waals surface area contributed by atoms with Crippen molar-refractivity contribution < 1.29 is 4.39 Å². The molecule has 0 unspecified atom stereocenters. The predicted octanol–water partition coefficient (Wildman–Crippen LogP) is 5.90. The van der Waals surface area contributed by atoms with Crippen molar-refractivity contribution in [2.75, 3.05) is 0 Å². The second-order valence-corrected chi connectivity index (χ2v) is 6.30. The fraction of sp³-hybridized carbons (Fsp3) is 0.0870. The van der Waals surface area contributed by atoms with E-state index in [-0.39, 0.29) is 5.82 Å². The van der Waals surface area contributed by atoms with Gasteiger partial charge in [-0.2, -0.15) is 0 Å². The maximum absolute atomic E-state index is 13.3. The van der Waals surface area contributed by atoms with Gasteiger partial charge in [0.05, 0.1) is 11.4 Å². The first-order valence-electron chi connectivity index (χ1n) is 8.40. The number of benzene rings is 3. The number of rotatable bonds is 3. The zero-order chi connectivity index (χ0) is 17.2. The third kappa shape index (κ3) is 3.16. The van der Waals surface area contributed by atoms with Gasteiger partial charge in [0, 0.05) is 12.0 Å². The van der Waals surface area contributed by atoms with Gasteiger partial charge in [0.2, 0.25) is 0 Å². The monoisotopic (exact) mass is 327 g/mol. The van der Waals surface area contributed by atoms with Crippen molar-refractivity contribution in [2.45, 2.75) is 13.3 Å². The van der Waals surface area contributed by atoms with Crippen LogP contribution in [0.4, 0.5) is 4.39 Å². The van der Waals surface area contributed by atoms with E-state index in [1.165, 1.54) is 23.3 Å². The third-order valence-corrected chi connectivity index (χ3v) is 4.50. The van der Waals surface area contributed by atoms with Crippen molar-refractivity contribution in [3.63, 3.8) is 0 Å². The average molecular weight is 327 g/mol. The normalized spacial score (nSPS) is 13.9. The van der Waals surface area contributed by atoms with E-state index in [0.717, 1.165) is 34.5 Å². The van der Waals surface area contributed by atoms with Crippen LogP contribution in [0.3, 0.4) is 0 Å². The topological polar surface area (TPSA) is 12.4 Å². The highest BCUT2D eigenvalue weighted by Crippen LogP contribution is 2.37. The summed E-state index contributed by atoms with van der Waals surface area (Å²) in [6.45, 7) is 2.08. The molecule has 0 bridgehead atoms. The van der Waals surface area contributed by atoms with Crippen LogP contribution in [0.1, 0.15) is 28.7 Å². The zero-order valence-corrected chi connectivity index (χ0v) is 14.0. The van der Waals surface area contributed by atoms with Crippen LogP contribution in [0.25, 0.3) is 11.3 Å². The van der Waals surface area contributed by atoms with Crippen LogP contribution in [-0.2, 0) is 0 Å². The summed E-state index contributed by atoms with van der Waals surface area (Å²) in [4.78, 5) is 4.92. The number of aliphatic imine (C=N–C) groups is 1. The number of halogens is 1. The second kappa shape index (κ2) is 6.48. The van der Waals surface area contributed by atoms with Gasteiger partial charge in [-0.05, 0) is 47.9 Å². The molecule has 0 amide bonds. The van der Waals surface area contributed by atoms with Gasteiger partial charge in [-0.15, -0.1) is 0 Å².